The van der Waals surface area contributed by atoms with E-state index in [-0.39, 0.29) is 0 Å². The van der Waals surface area contributed by atoms with E-state index in [1.54, 1.807) is 0 Å². The summed E-state index contributed by atoms with van der Waals surface area (Å²) in [5.41, 5.74) is 0. The first-order valence-corrected chi connectivity index (χ1v) is 14.0. The van der Waals surface area contributed by atoms with Crippen molar-refractivity contribution in [1.29, 1.82) is 0 Å². The molecule has 0 nitrogen and oxygen atoms in total. The molecular formula is C18H40S2Si. The van der Waals surface area contributed by atoms with Gasteiger partial charge in [0, 0.05) is 10.00 Å². The highest BCUT2D eigenvalue weighted by atomic mass is 32.4. The van der Waals surface area contributed by atoms with Gasteiger partial charge in [-0.05, 0) is 30.9 Å². The van der Waals surface area contributed by atoms with E-state index in [1.165, 1.54) is 72.9 Å². The predicted octanol–water partition coefficient (Wildman–Crippen LogP) is 6.07. The summed E-state index contributed by atoms with van der Waals surface area (Å²) < 4.78 is 0.574. The number of hydrogen-bond acceptors (Lipinski definition) is 2. The van der Waals surface area contributed by atoms with Gasteiger partial charge in [0.1, 0.15) is 0 Å². The van der Waals surface area contributed by atoms with E-state index in [0.29, 0.717) is 4.75 Å². The van der Waals surface area contributed by atoms with Crippen molar-refractivity contribution in [3.63, 3.8) is 0 Å². The second-order valence-corrected chi connectivity index (χ2v) is 10.3. The van der Waals surface area contributed by atoms with Crippen molar-refractivity contribution in [2.75, 3.05) is 5.75 Å². The van der Waals surface area contributed by atoms with Gasteiger partial charge in [-0.15, -0.1) is 0 Å². The molecule has 3 unspecified atom stereocenters. The highest BCUT2D eigenvalue weighted by Crippen LogP contribution is 2.44. The van der Waals surface area contributed by atoms with Gasteiger partial charge in [0.15, 0.2) is 0 Å². The van der Waals surface area contributed by atoms with Gasteiger partial charge in [-0.25, -0.2) is 0 Å². The van der Waals surface area contributed by atoms with Gasteiger partial charge in [0.05, 0.1) is 9.39 Å². The molecule has 0 spiro atoms. The molecule has 0 N–H and O–H groups in total. The molecule has 0 aromatic rings. The predicted molar refractivity (Wildman–Crippen MR) is 110 cm³/mol. The minimum atomic E-state index is 0.574. The van der Waals surface area contributed by atoms with Crippen LogP contribution in [0.1, 0.15) is 92.4 Å². The maximum absolute atomic E-state index is 2.50. The number of thioether (sulfide) groups is 1. The van der Waals surface area contributed by atoms with E-state index in [2.05, 4.69) is 57.6 Å². The third-order valence-corrected chi connectivity index (χ3v) is 10.4. The SMILES string of the molecule is CCCCCCCSC(C)C(CC)C(CC)(CCC)S[SiH3]. The van der Waals surface area contributed by atoms with Crippen molar-refractivity contribution in [1.82, 2.24) is 0 Å². The van der Waals surface area contributed by atoms with Crippen LogP contribution in [0.5, 0.6) is 0 Å². The largest absolute Gasteiger partial charge is 0.191 e. The maximum Gasteiger partial charge on any atom is 0.0701 e. The number of unbranched alkanes of at least 4 members (excludes halogenated alkanes) is 4. The Bertz CT molecular complexity index is 229. The zero-order valence-electron chi connectivity index (χ0n) is 15.5. The van der Waals surface area contributed by atoms with Crippen LogP contribution in [0.15, 0.2) is 0 Å². The molecule has 3 heteroatoms. The molecule has 0 aliphatic rings. The molecule has 0 saturated carbocycles. The minimum absolute atomic E-state index is 0.574. The molecule has 128 valence electrons. The molecular weight excluding hydrogens is 308 g/mol. The fourth-order valence-electron chi connectivity index (χ4n) is 3.67. The lowest BCUT2D eigenvalue weighted by atomic mass is 9.81. The van der Waals surface area contributed by atoms with E-state index < -0.39 is 0 Å². The van der Waals surface area contributed by atoms with Crippen LogP contribution in [0.2, 0.25) is 0 Å². The molecule has 0 heterocycles. The number of hydrogen-bond donors (Lipinski definition) is 0. The fraction of sp³-hybridized carbons (Fsp3) is 1.00. The first-order chi connectivity index (χ1) is 10.1. The topological polar surface area (TPSA) is 0 Å². The van der Waals surface area contributed by atoms with Crippen LogP contribution in [0.3, 0.4) is 0 Å². The maximum atomic E-state index is 2.50. The quantitative estimate of drug-likeness (QED) is 0.276. The average Bonchev–Trinajstić information content (AvgIpc) is 2.50. The van der Waals surface area contributed by atoms with Gasteiger partial charge in [-0.1, -0.05) is 73.1 Å². The second-order valence-electron chi connectivity index (χ2n) is 6.38. The van der Waals surface area contributed by atoms with Crippen molar-refractivity contribution in [3.05, 3.63) is 0 Å². The third-order valence-electron chi connectivity index (χ3n) is 4.99. The van der Waals surface area contributed by atoms with Crippen LogP contribution < -0.4 is 0 Å². The smallest absolute Gasteiger partial charge is 0.0701 e. The van der Waals surface area contributed by atoms with Gasteiger partial charge in [0.2, 0.25) is 0 Å². The van der Waals surface area contributed by atoms with Crippen LogP contribution in [0, 0.1) is 5.92 Å². The molecule has 0 rings (SSSR count). The van der Waals surface area contributed by atoms with Crippen LogP contribution in [-0.2, 0) is 0 Å². The Morgan fingerprint density at radius 2 is 1.62 bits per heavy atom. The lowest BCUT2D eigenvalue weighted by Gasteiger charge is -2.42. The summed E-state index contributed by atoms with van der Waals surface area (Å²) in [5.74, 6) is 2.27. The highest BCUT2D eigenvalue weighted by Gasteiger charge is 2.37. The zero-order valence-corrected chi connectivity index (χ0v) is 19.2. The van der Waals surface area contributed by atoms with E-state index in [1.807, 2.05) is 0 Å². The molecule has 21 heavy (non-hydrogen) atoms. The zero-order chi connectivity index (χ0) is 16.1. The van der Waals surface area contributed by atoms with Gasteiger partial charge >= 0.3 is 0 Å². The van der Waals surface area contributed by atoms with Gasteiger partial charge in [0.25, 0.3) is 0 Å². The van der Waals surface area contributed by atoms with Crippen molar-refractivity contribution in [2.24, 2.45) is 5.92 Å². The van der Waals surface area contributed by atoms with Gasteiger partial charge in [-0.3, -0.25) is 0 Å². The first-order valence-electron chi connectivity index (χ1n) is 9.28. The summed E-state index contributed by atoms with van der Waals surface area (Å²) >= 11 is 4.53. The monoisotopic (exact) mass is 348 g/mol. The summed E-state index contributed by atoms with van der Waals surface area (Å²) in [6.45, 7) is 12.0. The lowest BCUT2D eigenvalue weighted by molar-refractivity contribution is 0.333. The Balaban J connectivity index is 4.35. The normalized spacial score (nSPS) is 17.6. The Kier molecular flexibility index (Phi) is 13.9. The van der Waals surface area contributed by atoms with Crippen LogP contribution in [0.4, 0.5) is 0 Å². The standard InChI is InChI=1S/C18H40S2Si/c1-6-10-11-12-13-15-19-16(5)17(8-3)18(9-4,20-21)14-7-2/h16-17H,6-15H2,1-5,21H3. The molecule has 0 fully saturated rings. The fourth-order valence-corrected chi connectivity index (χ4v) is 8.94. The molecule has 0 aromatic carbocycles. The van der Waals surface area contributed by atoms with Gasteiger partial charge in [-0.2, -0.15) is 23.0 Å². The summed E-state index contributed by atoms with van der Waals surface area (Å²) in [6.07, 6.45) is 12.5. The van der Waals surface area contributed by atoms with Crippen molar-refractivity contribution in [2.45, 2.75) is 102 Å². The van der Waals surface area contributed by atoms with E-state index in [4.69, 9.17) is 0 Å². The van der Waals surface area contributed by atoms with Gasteiger partial charge < -0.3 is 0 Å². The average molecular weight is 349 g/mol. The lowest BCUT2D eigenvalue weighted by Crippen LogP contribution is -2.39. The second kappa shape index (κ2) is 13.4. The van der Waals surface area contributed by atoms with E-state index >= 15 is 0 Å². The number of rotatable bonds is 14. The van der Waals surface area contributed by atoms with Crippen LogP contribution >= 0.6 is 23.0 Å². The summed E-state index contributed by atoms with van der Waals surface area (Å²) in [6, 6.07) is 0. The Morgan fingerprint density at radius 1 is 0.952 bits per heavy atom. The summed E-state index contributed by atoms with van der Waals surface area (Å²) in [4.78, 5) is 0. The molecule has 0 amide bonds. The molecule has 0 aromatic heterocycles. The Morgan fingerprint density at radius 3 is 2.10 bits per heavy atom. The van der Waals surface area contributed by atoms with Crippen molar-refractivity contribution < 1.29 is 0 Å². The molecule has 0 aliphatic heterocycles. The van der Waals surface area contributed by atoms with Crippen molar-refractivity contribution in [3.8, 4) is 0 Å². The summed E-state index contributed by atoms with van der Waals surface area (Å²) in [5, 5.41) is 0.828. The van der Waals surface area contributed by atoms with Crippen LogP contribution in [-0.4, -0.2) is 25.1 Å². The first kappa shape index (κ1) is 21.9. The van der Waals surface area contributed by atoms with E-state index in [9.17, 15) is 0 Å². The van der Waals surface area contributed by atoms with Crippen molar-refractivity contribution >= 4 is 32.4 Å². The Labute approximate surface area is 146 Å². The molecule has 0 saturated heterocycles. The molecule has 3 atom stereocenters. The Hall–Kier alpha value is 0.917. The molecule has 0 aliphatic carbocycles. The van der Waals surface area contributed by atoms with E-state index in [0.717, 1.165) is 11.2 Å². The molecule has 0 radical (unpaired) electrons. The summed E-state index contributed by atoms with van der Waals surface area (Å²) in [7, 11) is 1.28. The molecule has 0 bridgehead atoms. The third kappa shape index (κ3) is 7.83. The highest BCUT2D eigenvalue weighted by molar-refractivity contribution is 8.20. The minimum Gasteiger partial charge on any atom is -0.191 e. The van der Waals surface area contributed by atoms with Crippen LogP contribution in [0.25, 0.3) is 0 Å².